The minimum atomic E-state index is -0.998. The zero-order valence-corrected chi connectivity index (χ0v) is 7.91. The van der Waals surface area contributed by atoms with Crippen LogP contribution in [0.25, 0.3) is 0 Å². The summed E-state index contributed by atoms with van der Waals surface area (Å²) in [5.74, 6) is -0.782. The molecule has 0 aliphatic carbocycles. The summed E-state index contributed by atoms with van der Waals surface area (Å²) in [6.07, 6.45) is 1.33. The van der Waals surface area contributed by atoms with Gasteiger partial charge < -0.3 is 10.1 Å². The fourth-order valence-corrected chi connectivity index (χ4v) is 1.17. The van der Waals surface area contributed by atoms with E-state index in [1.165, 1.54) is 6.07 Å². The number of hydrogen-bond donors (Lipinski definition) is 2. The summed E-state index contributed by atoms with van der Waals surface area (Å²) in [4.78, 5) is 27.9. The van der Waals surface area contributed by atoms with Crippen molar-refractivity contribution in [2.75, 3.05) is 0 Å². The van der Waals surface area contributed by atoms with Gasteiger partial charge in [-0.3, -0.25) is 9.59 Å². The molecular weight excluding hydrogens is 184 g/mol. The van der Waals surface area contributed by atoms with Crippen molar-refractivity contribution >= 4 is 5.97 Å². The number of hydrogen-bond acceptors (Lipinski definition) is 3. The Kier molecular flexibility index (Phi) is 3.39. The standard InChI is InChI=1S/C9H12N2O3/c1-2-3-6-4-8(12)11-7(10-6)5-9(13)14/h4H,2-3,5H2,1H3,(H,13,14)(H,10,11,12). The highest BCUT2D eigenvalue weighted by Gasteiger charge is 2.04. The van der Waals surface area contributed by atoms with Crippen molar-refractivity contribution in [1.82, 2.24) is 9.97 Å². The first-order valence-corrected chi connectivity index (χ1v) is 4.42. The molecule has 76 valence electrons. The molecule has 0 bridgehead atoms. The Morgan fingerprint density at radius 2 is 2.36 bits per heavy atom. The molecule has 5 heteroatoms. The van der Waals surface area contributed by atoms with E-state index in [1.54, 1.807) is 0 Å². The molecule has 0 fully saturated rings. The number of aryl methyl sites for hydroxylation is 1. The van der Waals surface area contributed by atoms with Crippen LogP contribution in [0.4, 0.5) is 0 Å². The van der Waals surface area contributed by atoms with Gasteiger partial charge in [-0.2, -0.15) is 0 Å². The second-order valence-electron chi connectivity index (χ2n) is 3.00. The lowest BCUT2D eigenvalue weighted by molar-refractivity contribution is -0.136. The van der Waals surface area contributed by atoms with Crippen molar-refractivity contribution in [1.29, 1.82) is 0 Å². The molecule has 2 N–H and O–H groups in total. The Labute approximate surface area is 80.8 Å². The molecule has 1 heterocycles. The molecule has 1 aromatic heterocycles. The number of aromatic amines is 1. The first kappa shape index (κ1) is 10.4. The number of nitrogens with one attached hydrogen (secondary N) is 1. The summed E-state index contributed by atoms with van der Waals surface area (Å²) < 4.78 is 0. The molecule has 0 spiro atoms. The van der Waals surface area contributed by atoms with Crippen LogP contribution >= 0.6 is 0 Å². The number of nitrogens with zero attached hydrogens (tertiary/aromatic N) is 1. The molecule has 0 atom stereocenters. The summed E-state index contributed by atoms with van der Waals surface area (Å²) >= 11 is 0. The number of carboxylic acid groups (broad SMARTS) is 1. The molecule has 0 radical (unpaired) electrons. The Morgan fingerprint density at radius 3 is 2.93 bits per heavy atom. The van der Waals surface area contributed by atoms with Crippen molar-refractivity contribution in [3.63, 3.8) is 0 Å². The number of aliphatic carboxylic acids is 1. The molecule has 0 aliphatic rings. The summed E-state index contributed by atoms with van der Waals surface area (Å²) in [7, 11) is 0. The number of carboxylic acids is 1. The molecule has 1 rings (SSSR count). The Bertz CT molecular complexity index is 384. The number of aromatic nitrogens is 2. The van der Waals surface area contributed by atoms with Gasteiger partial charge in [-0.15, -0.1) is 0 Å². The summed E-state index contributed by atoms with van der Waals surface area (Å²) in [6.45, 7) is 1.97. The Balaban J connectivity index is 2.94. The summed E-state index contributed by atoms with van der Waals surface area (Å²) in [5, 5.41) is 8.52. The van der Waals surface area contributed by atoms with E-state index in [2.05, 4.69) is 9.97 Å². The molecule has 0 amide bonds. The predicted molar refractivity (Wildman–Crippen MR) is 50.2 cm³/mol. The maximum atomic E-state index is 11.1. The zero-order valence-electron chi connectivity index (χ0n) is 7.91. The highest BCUT2D eigenvalue weighted by atomic mass is 16.4. The smallest absolute Gasteiger partial charge is 0.311 e. The molecule has 0 saturated carbocycles. The van der Waals surface area contributed by atoms with Crippen LogP contribution in [0.5, 0.6) is 0 Å². The monoisotopic (exact) mass is 196 g/mol. The highest BCUT2D eigenvalue weighted by molar-refractivity contribution is 5.68. The first-order valence-electron chi connectivity index (χ1n) is 4.42. The van der Waals surface area contributed by atoms with E-state index in [4.69, 9.17) is 5.11 Å². The Hall–Kier alpha value is -1.65. The fourth-order valence-electron chi connectivity index (χ4n) is 1.17. The number of carbonyl (C=O) groups is 1. The predicted octanol–water partition coefficient (Wildman–Crippen LogP) is 0.349. The average Bonchev–Trinajstić information content (AvgIpc) is 2.01. The third kappa shape index (κ3) is 3.01. The largest absolute Gasteiger partial charge is 0.481 e. The average molecular weight is 196 g/mol. The van der Waals surface area contributed by atoms with Gasteiger partial charge in [-0.05, 0) is 6.42 Å². The van der Waals surface area contributed by atoms with E-state index in [9.17, 15) is 9.59 Å². The molecule has 14 heavy (non-hydrogen) atoms. The molecule has 0 saturated heterocycles. The van der Waals surface area contributed by atoms with Gasteiger partial charge in [0.15, 0.2) is 0 Å². The van der Waals surface area contributed by atoms with Crippen LogP contribution < -0.4 is 5.56 Å². The lowest BCUT2D eigenvalue weighted by Gasteiger charge is -2.00. The van der Waals surface area contributed by atoms with Crippen molar-refractivity contribution < 1.29 is 9.90 Å². The van der Waals surface area contributed by atoms with Crippen molar-refractivity contribution in [3.05, 3.63) is 27.9 Å². The molecule has 5 nitrogen and oxygen atoms in total. The molecule has 1 aromatic rings. The maximum absolute atomic E-state index is 11.1. The molecule has 0 aliphatic heterocycles. The van der Waals surface area contributed by atoms with Crippen LogP contribution in [-0.4, -0.2) is 21.0 Å². The minimum absolute atomic E-state index is 0.216. The second kappa shape index (κ2) is 4.55. The van der Waals surface area contributed by atoms with E-state index < -0.39 is 5.97 Å². The van der Waals surface area contributed by atoms with Gasteiger partial charge in [0.05, 0.1) is 0 Å². The third-order valence-electron chi connectivity index (χ3n) is 1.67. The van der Waals surface area contributed by atoms with E-state index in [-0.39, 0.29) is 17.8 Å². The van der Waals surface area contributed by atoms with Crippen molar-refractivity contribution in [2.45, 2.75) is 26.2 Å². The van der Waals surface area contributed by atoms with Crippen LogP contribution in [0.3, 0.4) is 0 Å². The van der Waals surface area contributed by atoms with Gasteiger partial charge in [0.25, 0.3) is 5.56 Å². The van der Waals surface area contributed by atoms with Gasteiger partial charge in [0.1, 0.15) is 12.2 Å². The van der Waals surface area contributed by atoms with Gasteiger partial charge >= 0.3 is 5.97 Å². The van der Waals surface area contributed by atoms with E-state index >= 15 is 0 Å². The van der Waals surface area contributed by atoms with Crippen LogP contribution in [0, 0.1) is 0 Å². The van der Waals surface area contributed by atoms with Crippen LogP contribution in [0.1, 0.15) is 24.9 Å². The SMILES string of the molecule is CCCc1cc(=O)[nH]c(CC(=O)O)n1. The van der Waals surface area contributed by atoms with Gasteiger partial charge in [0, 0.05) is 11.8 Å². The second-order valence-corrected chi connectivity index (χ2v) is 3.00. The van der Waals surface area contributed by atoms with Crippen molar-refractivity contribution in [3.8, 4) is 0 Å². The Morgan fingerprint density at radius 1 is 1.64 bits per heavy atom. The lowest BCUT2D eigenvalue weighted by atomic mass is 10.2. The van der Waals surface area contributed by atoms with Crippen LogP contribution in [0.15, 0.2) is 10.9 Å². The lowest BCUT2D eigenvalue weighted by Crippen LogP contribution is -2.15. The van der Waals surface area contributed by atoms with E-state index in [1.807, 2.05) is 6.92 Å². The van der Waals surface area contributed by atoms with Crippen LogP contribution in [0.2, 0.25) is 0 Å². The van der Waals surface area contributed by atoms with Crippen molar-refractivity contribution in [2.24, 2.45) is 0 Å². The topological polar surface area (TPSA) is 83.0 Å². The normalized spacial score (nSPS) is 10.1. The molecule has 0 aromatic carbocycles. The van der Waals surface area contributed by atoms with E-state index in [0.29, 0.717) is 12.1 Å². The number of H-pyrrole nitrogens is 1. The van der Waals surface area contributed by atoms with Gasteiger partial charge in [0.2, 0.25) is 0 Å². The molecule has 0 unspecified atom stereocenters. The van der Waals surface area contributed by atoms with Gasteiger partial charge in [-0.1, -0.05) is 13.3 Å². The minimum Gasteiger partial charge on any atom is -0.481 e. The van der Waals surface area contributed by atoms with Crippen LogP contribution in [-0.2, 0) is 17.6 Å². The number of rotatable bonds is 4. The maximum Gasteiger partial charge on any atom is 0.311 e. The van der Waals surface area contributed by atoms with E-state index in [0.717, 1.165) is 6.42 Å². The summed E-state index contributed by atoms with van der Waals surface area (Å²) in [5.41, 5.74) is 0.354. The highest BCUT2D eigenvalue weighted by Crippen LogP contribution is 1.97. The third-order valence-corrected chi connectivity index (χ3v) is 1.67. The molecular formula is C9H12N2O3. The zero-order chi connectivity index (χ0) is 10.6. The quantitative estimate of drug-likeness (QED) is 0.727. The first-order chi connectivity index (χ1) is 6.61. The van der Waals surface area contributed by atoms with Gasteiger partial charge in [-0.25, -0.2) is 4.98 Å². The summed E-state index contributed by atoms with van der Waals surface area (Å²) in [6, 6.07) is 1.40. The fraction of sp³-hybridized carbons (Fsp3) is 0.444.